The third kappa shape index (κ3) is 3.29. The quantitative estimate of drug-likeness (QED) is 0.695. The Bertz CT molecular complexity index is 1110. The zero-order valence-electron chi connectivity index (χ0n) is 16.0. The molecule has 1 atom stereocenters. The van der Waals surface area contributed by atoms with Gasteiger partial charge in [-0.25, -0.2) is 4.98 Å². The van der Waals surface area contributed by atoms with Crippen LogP contribution in [0.5, 0.6) is 0 Å². The third-order valence-corrected chi connectivity index (χ3v) is 5.04. The SMILES string of the molecule is Cc1cccc2c1C(=O)N(C(C)C(=O)Nc1ccc(-c3ccccc3)cn1)C2=O. The Morgan fingerprint density at radius 3 is 2.34 bits per heavy atom. The van der Waals surface area contributed by atoms with Gasteiger partial charge in [-0.05, 0) is 43.2 Å². The van der Waals surface area contributed by atoms with E-state index in [0.29, 0.717) is 22.5 Å². The molecule has 1 unspecified atom stereocenters. The van der Waals surface area contributed by atoms with Crippen LogP contribution >= 0.6 is 0 Å². The first-order valence-electron chi connectivity index (χ1n) is 9.27. The van der Waals surface area contributed by atoms with Crippen molar-refractivity contribution < 1.29 is 14.4 Å². The highest BCUT2D eigenvalue weighted by molar-refractivity contribution is 6.23. The molecule has 0 saturated heterocycles. The molecule has 29 heavy (non-hydrogen) atoms. The van der Waals surface area contributed by atoms with Gasteiger partial charge in [0.1, 0.15) is 11.9 Å². The van der Waals surface area contributed by atoms with Gasteiger partial charge in [0.2, 0.25) is 5.91 Å². The molecule has 0 saturated carbocycles. The average molecular weight is 385 g/mol. The van der Waals surface area contributed by atoms with Gasteiger partial charge in [0.25, 0.3) is 11.8 Å². The van der Waals surface area contributed by atoms with Crippen molar-refractivity contribution in [2.24, 2.45) is 0 Å². The average Bonchev–Trinajstić information content (AvgIpc) is 3.00. The number of aryl methyl sites for hydroxylation is 1. The Morgan fingerprint density at radius 2 is 1.69 bits per heavy atom. The van der Waals surface area contributed by atoms with Crippen LogP contribution in [0.4, 0.5) is 5.82 Å². The molecule has 144 valence electrons. The monoisotopic (exact) mass is 385 g/mol. The minimum Gasteiger partial charge on any atom is -0.309 e. The number of imide groups is 1. The van der Waals surface area contributed by atoms with E-state index in [1.54, 1.807) is 37.4 Å². The Morgan fingerprint density at radius 1 is 0.931 bits per heavy atom. The maximum atomic E-state index is 12.7. The first-order chi connectivity index (χ1) is 14.0. The topological polar surface area (TPSA) is 79.4 Å². The summed E-state index contributed by atoms with van der Waals surface area (Å²) in [5, 5.41) is 2.68. The first-order valence-corrected chi connectivity index (χ1v) is 9.27. The molecular weight excluding hydrogens is 366 g/mol. The molecule has 0 radical (unpaired) electrons. The fourth-order valence-corrected chi connectivity index (χ4v) is 3.44. The lowest BCUT2D eigenvalue weighted by Gasteiger charge is -2.21. The van der Waals surface area contributed by atoms with Crippen LogP contribution in [-0.2, 0) is 4.79 Å². The molecule has 4 rings (SSSR count). The summed E-state index contributed by atoms with van der Waals surface area (Å²) in [7, 11) is 0. The van der Waals surface area contributed by atoms with Crippen LogP contribution in [0.1, 0.15) is 33.2 Å². The molecule has 0 fully saturated rings. The number of amides is 3. The number of hydrogen-bond acceptors (Lipinski definition) is 4. The number of pyridine rings is 1. The van der Waals surface area contributed by atoms with Crippen LogP contribution in [0.25, 0.3) is 11.1 Å². The minimum absolute atomic E-state index is 0.333. The van der Waals surface area contributed by atoms with Gasteiger partial charge >= 0.3 is 0 Å². The number of benzene rings is 2. The second-order valence-electron chi connectivity index (χ2n) is 6.94. The number of hydrogen-bond donors (Lipinski definition) is 1. The van der Waals surface area contributed by atoms with Gasteiger partial charge in [-0.2, -0.15) is 0 Å². The van der Waals surface area contributed by atoms with E-state index in [-0.39, 0.29) is 0 Å². The third-order valence-electron chi connectivity index (χ3n) is 5.04. The van der Waals surface area contributed by atoms with Crippen LogP contribution < -0.4 is 5.32 Å². The lowest BCUT2D eigenvalue weighted by Crippen LogP contribution is -2.45. The molecule has 1 aliphatic heterocycles. The fourth-order valence-electron chi connectivity index (χ4n) is 3.44. The van der Waals surface area contributed by atoms with E-state index >= 15 is 0 Å². The standard InChI is InChI=1S/C23H19N3O3/c1-14-7-6-10-18-20(14)23(29)26(22(18)28)15(2)21(27)25-19-12-11-17(13-24-19)16-8-4-3-5-9-16/h3-13,15H,1-2H3,(H,24,25,27). The van der Waals surface area contributed by atoms with Crippen molar-refractivity contribution in [3.8, 4) is 11.1 Å². The predicted molar refractivity (Wildman–Crippen MR) is 109 cm³/mol. The minimum atomic E-state index is -0.961. The first kappa shape index (κ1) is 18.6. The highest BCUT2D eigenvalue weighted by atomic mass is 16.2. The van der Waals surface area contributed by atoms with E-state index in [9.17, 15) is 14.4 Å². The van der Waals surface area contributed by atoms with E-state index in [1.165, 1.54) is 6.92 Å². The van der Waals surface area contributed by atoms with E-state index in [2.05, 4.69) is 10.3 Å². The van der Waals surface area contributed by atoms with Crippen molar-refractivity contribution in [1.29, 1.82) is 0 Å². The lowest BCUT2D eigenvalue weighted by atomic mass is 10.0. The molecule has 0 aliphatic carbocycles. The maximum Gasteiger partial charge on any atom is 0.262 e. The van der Waals surface area contributed by atoms with Gasteiger partial charge in [0.15, 0.2) is 0 Å². The number of nitrogens with one attached hydrogen (secondary N) is 1. The molecule has 1 aromatic heterocycles. The maximum absolute atomic E-state index is 12.7. The van der Waals surface area contributed by atoms with Crippen LogP contribution in [0, 0.1) is 6.92 Å². The van der Waals surface area contributed by atoms with E-state index in [4.69, 9.17) is 0 Å². The van der Waals surface area contributed by atoms with Crippen molar-refractivity contribution in [3.63, 3.8) is 0 Å². The van der Waals surface area contributed by atoms with Crippen LogP contribution in [0.2, 0.25) is 0 Å². The van der Waals surface area contributed by atoms with Gasteiger partial charge in [0.05, 0.1) is 11.1 Å². The van der Waals surface area contributed by atoms with Gasteiger partial charge in [-0.15, -0.1) is 0 Å². The summed E-state index contributed by atoms with van der Waals surface area (Å²) in [6.45, 7) is 3.31. The smallest absolute Gasteiger partial charge is 0.262 e. The van der Waals surface area contributed by atoms with E-state index < -0.39 is 23.8 Å². The summed E-state index contributed by atoms with van der Waals surface area (Å²) in [5.41, 5.74) is 3.36. The number of fused-ring (bicyclic) bond motifs is 1. The zero-order chi connectivity index (χ0) is 20.5. The molecule has 3 aromatic rings. The molecule has 6 heteroatoms. The fraction of sp³-hybridized carbons (Fsp3) is 0.130. The van der Waals surface area contributed by atoms with Crippen LogP contribution in [0.15, 0.2) is 66.9 Å². The molecule has 2 aromatic carbocycles. The molecule has 0 spiro atoms. The number of rotatable bonds is 4. The second-order valence-corrected chi connectivity index (χ2v) is 6.94. The number of carbonyl (C=O) groups is 3. The summed E-state index contributed by atoms with van der Waals surface area (Å²) < 4.78 is 0. The number of aromatic nitrogens is 1. The Labute approximate surface area is 168 Å². The zero-order valence-corrected chi connectivity index (χ0v) is 16.0. The van der Waals surface area contributed by atoms with Crippen molar-refractivity contribution in [3.05, 3.63) is 83.6 Å². The summed E-state index contributed by atoms with van der Waals surface area (Å²) in [6, 6.07) is 17.5. The summed E-state index contributed by atoms with van der Waals surface area (Å²) in [4.78, 5) is 43.4. The van der Waals surface area contributed by atoms with Crippen molar-refractivity contribution >= 4 is 23.5 Å². The van der Waals surface area contributed by atoms with E-state index in [0.717, 1.165) is 16.0 Å². The van der Waals surface area contributed by atoms with Crippen LogP contribution in [-0.4, -0.2) is 33.6 Å². The lowest BCUT2D eigenvalue weighted by molar-refractivity contribution is -0.119. The molecule has 3 amide bonds. The van der Waals surface area contributed by atoms with Gasteiger partial charge in [0, 0.05) is 11.8 Å². The second kappa shape index (κ2) is 7.31. The van der Waals surface area contributed by atoms with E-state index in [1.807, 2.05) is 36.4 Å². The predicted octanol–water partition coefficient (Wildman–Crippen LogP) is 3.68. The largest absolute Gasteiger partial charge is 0.309 e. The normalized spacial score (nSPS) is 13.9. The summed E-state index contributed by atoms with van der Waals surface area (Å²) >= 11 is 0. The van der Waals surface area contributed by atoms with Crippen molar-refractivity contribution in [1.82, 2.24) is 9.88 Å². The molecule has 1 N–H and O–H groups in total. The van der Waals surface area contributed by atoms with Crippen LogP contribution in [0.3, 0.4) is 0 Å². The summed E-state index contributed by atoms with van der Waals surface area (Å²) in [5.74, 6) is -1.02. The van der Waals surface area contributed by atoms with Gasteiger partial charge in [-0.3, -0.25) is 19.3 Å². The molecular formula is C23H19N3O3. The molecule has 0 bridgehead atoms. The number of nitrogens with zero attached hydrogens (tertiary/aromatic N) is 2. The highest BCUT2D eigenvalue weighted by Gasteiger charge is 2.41. The number of carbonyl (C=O) groups excluding carboxylic acids is 3. The number of anilines is 1. The molecule has 2 heterocycles. The highest BCUT2D eigenvalue weighted by Crippen LogP contribution is 2.27. The Kier molecular flexibility index (Phi) is 4.68. The van der Waals surface area contributed by atoms with Gasteiger partial charge in [-0.1, -0.05) is 42.5 Å². The molecule has 6 nitrogen and oxygen atoms in total. The van der Waals surface area contributed by atoms with Gasteiger partial charge < -0.3 is 5.32 Å². The Balaban J connectivity index is 1.50. The Hall–Kier alpha value is -3.80. The van der Waals surface area contributed by atoms with Crippen molar-refractivity contribution in [2.45, 2.75) is 19.9 Å². The summed E-state index contributed by atoms with van der Waals surface area (Å²) in [6.07, 6.45) is 1.67. The molecule has 1 aliphatic rings. The van der Waals surface area contributed by atoms with Crippen molar-refractivity contribution in [2.75, 3.05) is 5.32 Å².